The molecule has 2 nitrogen and oxygen atoms in total. The molecule has 1 heterocycles. The van der Waals surface area contributed by atoms with Gasteiger partial charge in [0.25, 0.3) is 0 Å². The molecule has 0 unspecified atom stereocenters. The van der Waals surface area contributed by atoms with E-state index in [4.69, 9.17) is 4.74 Å². The summed E-state index contributed by atoms with van der Waals surface area (Å²) in [5.41, 5.74) is 1.36. The van der Waals surface area contributed by atoms with Crippen molar-refractivity contribution in [1.82, 2.24) is 0 Å². The lowest BCUT2D eigenvalue weighted by atomic mass is 9.82. The Balaban J connectivity index is 2.22. The van der Waals surface area contributed by atoms with Crippen LogP contribution in [0.1, 0.15) is 26.7 Å². The summed E-state index contributed by atoms with van der Waals surface area (Å²) in [4.78, 5) is 11.2. The third-order valence-electron chi connectivity index (χ3n) is 3.01. The molecule has 3 atom stereocenters. The maximum absolute atomic E-state index is 11.2. The molecule has 0 N–H and O–H groups in total. The van der Waals surface area contributed by atoms with Crippen LogP contribution in [0.15, 0.2) is 11.6 Å². The molecule has 1 saturated heterocycles. The number of allylic oxidation sites excluding steroid dienone is 1. The molecule has 2 rings (SSSR count). The van der Waals surface area contributed by atoms with Crippen molar-refractivity contribution >= 4 is 5.97 Å². The van der Waals surface area contributed by atoms with E-state index in [1.807, 2.05) is 6.92 Å². The number of carbonyl (C=O) groups is 1. The average molecular weight is 166 g/mol. The monoisotopic (exact) mass is 166 g/mol. The molecule has 12 heavy (non-hydrogen) atoms. The van der Waals surface area contributed by atoms with Crippen molar-refractivity contribution < 1.29 is 9.53 Å². The summed E-state index contributed by atoms with van der Waals surface area (Å²) in [6.45, 7) is 4.08. The Kier molecular flexibility index (Phi) is 1.71. The van der Waals surface area contributed by atoms with Crippen LogP contribution in [0.4, 0.5) is 0 Å². The minimum absolute atomic E-state index is 0.0176. The van der Waals surface area contributed by atoms with Crippen LogP contribution in [-0.2, 0) is 9.53 Å². The SMILES string of the molecule is CC1=C[C@H]2OC(=O)[C@@H](C)[C@@H]2CC1. The number of ether oxygens (including phenoxy) is 1. The van der Waals surface area contributed by atoms with Crippen molar-refractivity contribution in [2.75, 3.05) is 0 Å². The Morgan fingerprint density at radius 1 is 1.58 bits per heavy atom. The molecule has 0 amide bonds. The molecule has 1 fully saturated rings. The van der Waals surface area contributed by atoms with Crippen LogP contribution in [0.5, 0.6) is 0 Å². The molecule has 2 aliphatic rings. The highest BCUT2D eigenvalue weighted by Crippen LogP contribution is 2.37. The van der Waals surface area contributed by atoms with Crippen LogP contribution in [0.2, 0.25) is 0 Å². The minimum Gasteiger partial charge on any atom is -0.458 e. The Morgan fingerprint density at radius 2 is 2.33 bits per heavy atom. The van der Waals surface area contributed by atoms with Gasteiger partial charge in [0.05, 0.1) is 5.92 Å². The normalized spacial score (nSPS) is 40.3. The second-order valence-electron chi connectivity index (χ2n) is 3.91. The standard InChI is InChI=1S/C10H14O2/c1-6-3-4-8-7(2)10(11)12-9(8)5-6/h5,7-9H,3-4H2,1-2H3/t7-,8-,9+/m0/s1. The van der Waals surface area contributed by atoms with Crippen LogP contribution in [0.3, 0.4) is 0 Å². The second-order valence-corrected chi connectivity index (χ2v) is 3.91. The Labute approximate surface area is 72.6 Å². The van der Waals surface area contributed by atoms with Crippen molar-refractivity contribution in [3.05, 3.63) is 11.6 Å². The predicted octanol–water partition coefficient (Wildman–Crippen LogP) is 1.90. The average Bonchev–Trinajstić information content (AvgIpc) is 2.28. The summed E-state index contributed by atoms with van der Waals surface area (Å²) in [6, 6.07) is 0. The third kappa shape index (κ3) is 1.06. The molecule has 1 aliphatic heterocycles. The quantitative estimate of drug-likeness (QED) is 0.406. The van der Waals surface area contributed by atoms with Gasteiger partial charge < -0.3 is 4.74 Å². The largest absolute Gasteiger partial charge is 0.458 e. The molecule has 0 saturated carbocycles. The van der Waals surface area contributed by atoms with E-state index in [1.54, 1.807) is 0 Å². The van der Waals surface area contributed by atoms with Crippen molar-refractivity contribution in [3.8, 4) is 0 Å². The van der Waals surface area contributed by atoms with E-state index in [9.17, 15) is 4.79 Å². The van der Waals surface area contributed by atoms with Crippen molar-refractivity contribution in [3.63, 3.8) is 0 Å². The smallest absolute Gasteiger partial charge is 0.309 e. The topological polar surface area (TPSA) is 26.3 Å². The van der Waals surface area contributed by atoms with Crippen LogP contribution in [0, 0.1) is 11.8 Å². The van der Waals surface area contributed by atoms with E-state index >= 15 is 0 Å². The summed E-state index contributed by atoms with van der Waals surface area (Å²) in [5, 5.41) is 0. The first kappa shape index (κ1) is 7.84. The summed E-state index contributed by atoms with van der Waals surface area (Å²) in [5.74, 6) is 0.538. The Morgan fingerprint density at radius 3 is 3.08 bits per heavy atom. The highest BCUT2D eigenvalue weighted by Gasteiger charge is 2.41. The molecule has 2 heteroatoms. The van der Waals surface area contributed by atoms with Crippen molar-refractivity contribution in [2.45, 2.75) is 32.8 Å². The van der Waals surface area contributed by atoms with Gasteiger partial charge in [-0.2, -0.15) is 0 Å². The lowest BCUT2D eigenvalue weighted by Gasteiger charge is -2.22. The van der Waals surface area contributed by atoms with E-state index < -0.39 is 0 Å². The van der Waals surface area contributed by atoms with Crippen LogP contribution in [0.25, 0.3) is 0 Å². The van der Waals surface area contributed by atoms with E-state index in [0.29, 0.717) is 5.92 Å². The molecule has 0 aromatic rings. The summed E-state index contributed by atoms with van der Waals surface area (Å²) in [6.07, 6.45) is 4.43. The number of fused-ring (bicyclic) bond motifs is 1. The van der Waals surface area contributed by atoms with E-state index in [1.165, 1.54) is 5.57 Å². The van der Waals surface area contributed by atoms with Gasteiger partial charge in [0, 0.05) is 5.92 Å². The Hall–Kier alpha value is -0.790. The zero-order chi connectivity index (χ0) is 8.72. The van der Waals surface area contributed by atoms with Gasteiger partial charge in [0.1, 0.15) is 6.10 Å². The van der Waals surface area contributed by atoms with Gasteiger partial charge in [-0.1, -0.05) is 12.5 Å². The number of esters is 1. The molecule has 66 valence electrons. The zero-order valence-electron chi connectivity index (χ0n) is 7.54. The highest BCUT2D eigenvalue weighted by molar-refractivity contribution is 5.75. The molecule has 0 bridgehead atoms. The second kappa shape index (κ2) is 2.61. The van der Waals surface area contributed by atoms with Crippen LogP contribution >= 0.6 is 0 Å². The van der Waals surface area contributed by atoms with Gasteiger partial charge in [-0.25, -0.2) is 0 Å². The number of hydrogen-bond acceptors (Lipinski definition) is 2. The van der Waals surface area contributed by atoms with Gasteiger partial charge in [-0.05, 0) is 25.8 Å². The highest BCUT2D eigenvalue weighted by atomic mass is 16.6. The lowest BCUT2D eigenvalue weighted by molar-refractivity contribution is -0.142. The molecular weight excluding hydrogens is 152 g/mol. The fourth-order valence-corrected chi connectivity index (χ4v) is 2.12. The number of rotatable bonds is 0. The molecule has 1 aliphatic carbocycles. The van der Waals surface area contributed by atoms with E-state index in [0.717, 1.165) is 12.8 Å². The van der Waals surface area contributed by atoms with Gasteiger partial charge >= 0.3 is 5.97 Å². The Bertz CT molecular complexity index is 242. The van der Waals surface area contributed by atoms with Gasteiger partial charge in [-0.15, -0.1) is 0 Å². The first-order valence-corrected chi connectivity index (χ1v) is 4.56. The maximum Gasteiger partial charge on any atom is 0.309 e. The molecule has 0 radical (unpaired) electrons. The maximum atomic E-state index is 11.2. The molecule has 0 spiro atoms. The first-order valence-electron chi connectivity index (χ1n) is 4.56. The molecular formula is C10H14O2. The number of hydrogen-bond donors (Lipinski definition) is 0. The fraction of sp³-hybridized carbons (Fsp3) is 0.700. The summed E-state index contributed by atoms with van der Waals surface area (Å²) in [7, 11) is 0. The lowest BCUT2D eigenvalue weighted by Crippen LogP contribution is -2.21. The molecule has 0 aromatic heterocycles. The summed E-state index contributed by atoms with van der Waals surface area (Å²) < 4.78 is 5.23. The first-order chi connectivity index (χ1) is 5.68. The fourth-order valence-electron chi connectivity index (χ4n) is 2.12. The molecule has 0 aromatic carbocycles. The minimum atomic E-state index is -0.0176. The van der Waals surface area contributed by atoms with Gasteiger partial charge in [0.2, 0.25) is 0 Å². The summed E-state index contributed by atoms with van der Waals surface area (Å²) >= 11 is 0. The number of carbonyl (C=O) groups excluding carboxylic acids is 1. The van der Waals surface area contributed by atoms with Crippen molar-refractivity contribution in [1.29, 1.82) is 0 Å². The van der Waals surface area contributed by atoms with Crippen LogP contribution in [-0.4, -0.2) is 12.1 Å². The van der Waals surface area contributed by atoms with E-state index in [-0.39, 0.29) is 18.0 Å². The third-order valence-corrected chi connectivity index (χ3v) is 3.01. The van der Waals surface area contributed by atoms with Gasteiger partial charge in [-0.3, -0.25) is 4.79 Å². The zero-order valence-corrected chi connectivity index (χ0v) is 7.54. The van der Waals surface area contributed by atoms with E-state index in [2.05, 4.69) is 13.0 Å². The van der Waals surface area contributed by atoms with Crippen molar-refractivity contribution in [2.24, 2.45) is 11.8 Å². The van der Waals surface area contributed by atoms with Crippen LogP contribution < -0.4 is 0 Å². The van der Waals surface area contributed by atoms with Gasteiger partial charge in [0.15, 0.2) is 0 Å². The predicted molar refractivity (Wildman–Crippen MR) is 45.5 cm³/mol.